The summed E-state index contributed by atoms with van der Waals surface area (Å²) in [7, 11) is 1.30. The molecule has 0 radical (unpaired) electrons. The molecule has 1 aromatic heterocycles. The summed E-state index contributed by atoms with van der Waals surface area (Å²) in [5.41, 5.74) is 4.72. The number of fused-ring (bicyclic) bond motifs is 1. The molecule has 7 heteroatoms. The Morgan fingerprint density at radius 1 is 1.08 bits per heavy atom. The highest BCUT2D eigenvalue weighted by molar-refractivity contribution is 6.15. The van der Waals surface area contributed by atoms with Crippen molar-refractivity contribution in [1.29, 1.82) is 0 Å². The quantitative estimate of drug-likeness (QED) is 0.184. The second-order valence-corrected chi connectivity index (χ2v) is 8.43. The number of Topliss-reactive ketones (excluding diaryl/α,β-unsaturated/α-hetero) is 1. The van der Waals surface area contributed by atoms with Crippen LogP contribution in [0.4, 0.5) is 0 Å². The van der Waals surface area contributed by atoms with Crippen LogP contribution < -0.4 is 9.47 Å². The van der Waals surface area contributed by atoms with Gasteiger partial charge in [-0.2, -0.15) is 5.10 Å². The van der Waals surface area contributed by atoms with Crippen molar-refractivity contribution in [2.45, 2.75) is 6.92 Å². The third-order valence-electron chi connectivity index (χ3n) is 5.96. The molecule has 0 saturated carbocycles. The minimum Gasteiger partial charge on any atom is -0.490 e. The molecule has 7 nitrogen and oxygen atoms in total. The topological polar surface area (TPSA) is 79.7 Å². The Morgan fingerprint density at radius 3 is 2.62 bits per heavy atom. The number of para-hydroxylation sites is 1. The van der Waals surface area contributed by atoms with Gasteiger partial charge >= 0.3 is 5.97 Å². The largest absolute Gasteiger partial charge is 0.490 e. The number of carbonyl (C=O) groups excluding carboxylic acids is 2. The SMILES string of the molecule is C=CCOc1ccc(-c2nn(-c3ccccc3)cc2/C=C2\Oc3ccc(C(=O)OC)cc3C2=O)c(C)c1. The third kappa shape index (κ3) is 4.67. The monoisotopic (exact) mass is 492 g/mol. The number of methoxy groups -OCH3 is 1. The molecule has 5 rings (SSSR count). The van der Waals surface area contributed by atoms with Crippen molar-refractivity contribution in [2.75, 3.05) is 13.7 Å². The van der Waals surface area contributed by atoms with E-state index in [0.717, 1.165) is 22.6 Å². The molecule has 1 aliphatic rings. The number of nitrogens with zero attached hydrogens (tertiary/aromatic N) is 2. The van der Waals surface area contributed by atoms with Crippen molar-refractivity contribution in [3.63, 3.8) is 0 Å². The van der Waals surface area contributed by atoms with E-state index in [-0.39, 0.29) is 17.1 Å². The van der Waals surface area contributed by atoms with Crippen LogP contribution in [-0.4, -0.2) is 35.2 Å². The first-order chi connectivity index (χ1) is 18.0. The maximum Gasteiger partial charge on any atom is 0.337 e. The summed E-state index contributed by atoms with van der Waals surface area (Å²) in [5, 5.41) is 4.86. The molecular weight excluding hydrogens is 468 g/mol. The van der Waals surface area contributed by atoms with E-state index in [0.29, 0.717) is 29.2 Å². The zero-order chi connectivity index (χ0) is 25.9. The lowest BCUT2D eigenvalue weighted by Gasteiger charge is -2.09. The average molecular weight is 493 g/mol. The molecule has 3 aromatic carbocycles. The summed E-state index contributed by atoms with van der Waals surface area (Å²) in [4.78, 5) is 25.1. The van der Waals surface area contributed by atoms with Crippen LogP contribution in [-0.2, 0) is 4.74 Å². The summed E-state index contributed by atoms with van der Waals surface area (Å²) in [5.74, 6) is 0.435. The number of ketones is 1. The smallest absolute Gasteiger partial charge is 0.337 e. The Hall–Kier alpha value is -4.91. The zero-order valence-electron chi connectivity index (χ0n) is 20.4. The Bertz CT molecular complexity index is 1550. The molecule has 0 bridgehead atoms. The zero-order valence-corrected chi connectivity index (χ0v) is 20.4. The molecule has 0 amide bonds. The predicted octanol–water partition coefficient (Wildman–Crippen LogP) is 5.82. The van der Waals surface area contributed by atoms with Crippen LogP contribution in [0.2, 0.25) is 0 Å². The van der Waals surface area contributed by atoms with Crippen molar-refractivity contribution in [3.8, 4) is 28.4 Å². The Labute approximate surface area is 214 Å². The number of esters is 1. The molecule has 0 saturated heterocycles. The molecule has 0 aliphatic carbocycles. The van der Waals surface area contributed by atoms with E-state index in [2.05, 4.69) is 6.58 Å². The van der Waals surface area contributed by atoms with Gasteiger partial charge in [-0.25, -0.2) is 9.48 Å². The molecule has 0 fully saturated rings. The van der Waals surface area contributed by atoms with Gasteiger partial charge in [0.15, 0.2) is 5.76 Å². The van der Waals surface area contributed by atoms with Gasteiger partial charge in [0.05, 0.1) is 23.9 Å². The van der Waals surface area contributed by atoms with Crippen LogP contribution in [0.15, 0.2) is 91.3 Å². The number of ether oxygens (including phenoxy) is 3. The van der Waals surface area contributed by atoms with E-state index in [1.807, 2.05) is 61.7 Å². The first-order valence-electron chi connectivity index (χ1n) is 11.6. The normalized spacial score (nSPS) is 13.2. The first kappa shape index (κ1) is 23.8. The molecule has 0 spiro atoms. The summed E-state index contributed by atoms with van der Waals surface area (Å²) in [6.45, 7) is 6.08. The van der Waals surface area contributed by atoms with Gasteiger partial charge in [0.25, 0.3) is 0 Å². The minimum absolute atomic E-state index is 0.148. The van der Waals surface area contributed by atoms with E-state index >= 15 is 0 Å². The standard InChI is InChI=1S/C30H24N2O5/c1-4-14-36-23-11-12-24(19(2)15-23)28-21(18-32(31-28)22-8-6-5-7-9-22)17-27-29(33)25-16-20(30(34)35-3)10-13-26(25)37-27/h4-13,15-18H,1,14H2,2-3H3/b27-17-. The molecule has 37 heavy (non-hydrogen) atoms. The number of aryl methyl sites for hydroxylation is 1. The fraction of sp³-hybridized carbons (Fsp3) is 0.100. The fourth-order valence-corrected chi connectivity index (χ4v) is 4.14. The average Bonchev–Trinajstić information content (AvgIpc) is 3.48. The van der Waals surface area contributed by atoms with Gasteiger partial charge in [-0.05, 0) is 67.1 Å². The number of aromatic nitrogens is 2. The van der Waals surface area contributed by atoms with Crippen LogP contribution >= 0.6 is 0 Å². The lowest BCUT2D eigenvalue weighted by molar-refractivity contribution is 0.0600. The molecule has 4 aromatic rings. The van der Waals surface area contributed by atoms with Gasteiger partial charge < -0.3 is 14.2 Å². The van der Waals surface area contributed by atoms with Gasteiger partial charge in [-0.3, -0.25) is 4.79 Å². The predicted molar refractivity (Wildman–Crippen MR) is 140 cm³/mol. The molecular formula is C30H24N2O5. The van der Waals surface area contributed by atoms with E-state index in [1.165, 1.54) is 13.2 Å². The van der Waals surface area contributed by atoms with Crippen LogP contribution in [0.3, 0.4) is 0 Å². The van der Waals surface area contributed by atoms with Crippen LogP contribution in [0.1, 0.15) is 31.8 Å². The Kier molecular flexibility index (Phi) is 6.43. The number of hydrogen-bond donors (Lipinski definition) is 0. The number of benzene rings is 3. The van der Waals surface area contributed by atoms with Crippen molar-refractivity contribution in [1.82, 2.24) is 9.78 Å². The summed E-state index contributed by atoms with van der Waals surface area (Å²) < 4.78 is 18.1. The number of allylic oxidation sites excluding steroid dienone is 1. The van der Waals surface area contributed by atoms with E-state index < -0.39 is 5.97 Å². The van der Waals surface area contributed by atoms with Crippen molar-refractivity contribution in [2.24, 2.45) is 0 Å². The maximum atomic E-state index is 13.2. The lowest BCUT2D eigenvalue weighted by atomic mass is 10.0. The minimum atomic E-state index is -0.518. The van der Waals surface area contributed by atoms with Gasteiger partial charge in [0.2, 0.25) is 5.78 Å². The maximum absolute atomic E-state index is 13.2. The number of carbonyl (C=O) groups is 2. The molecule has 0 N–H and O–H groups in total. The molecule has 1 aliphatic heterocycles. The molecule has 2 heterocycles. The molecule has 0 atom stereocenters. The summed E-state index contributed by atoms with van der Waals surface area (Å²) in [6, 6.07) is 20.1. The van der Waals surface area contributed by atoms with Crippen molar-refractivity contribution in [3.05, 3.63) is 114 Å². The van der Waals surface area contributed by atoms with Crippen LogP contribution in [0, 0.1) is 6.92 Å². The second kappa shape index (κ2) is 9.99. The first-order valence-corrected chi connectivity index (χ1v) is 11.6. The Morgan fingerprint density at radius 2 is 1.89 bits per heavy atom. The van der Waals surface area contributed by atoms with Crippen LogP contribution in [0.5, 0.6) is 11.5 Å². The lowest BCUT2D eigenvalue weighted by Crippen LogP contribution is -2.03. The van der Waals surface area contributed by atoms with Crippen molar-refractivity contribution < 1.29 is 23.8 Å². The number of rotatable bonds is 7. The van der Waals surface area contributed by atoms with Crippen LogP contribution in [0.25, 0.3) is 23.0 Å². The summed E-state index contributed by atoms with van der Waals surface area (Å²) >= 11 is 0. The number of hydrogen-bond acceptors (Lipinski definition) is 6. The van der Waals surface area contributed by atoms with Gasteiger partial charge in [0.1, 0.15) is 23.8 Å². The summed E-state index contributed by atoms with van der Waals surface area (Å²) in [6.07, 6.45) is 5.24. The fourth-order valence-electron chi connectivity index (χ4n) is 4.14. The Balaban J connectivity index is 1.57. The van der Waals surface area contributed by atoms with Gasteiger partial charge in [-0.1, -0.05) is 30.9 Å². The second-order valence-electron chi connectivity index (χ2n) is 8.43. The van der Waals surface area contributed by atoms with E-state index in [4.69, 9.17) is 19.3 Å². The van der Waals surface area contributed by atoms with E-state index in [1.54, 1.807) is 29.0 Å². The molecule has 0 unspecified atom stereocenters. The van der Waals surface area contributed by atoms with E-state index in [9.17, 15) is 9.59 Å². The highest BCUT2D eigenvalue weighted by Gasteiger charge is 2.29. The highest BCUT2D eigenvalue weighted by atomic mass is 16.5. The van der Waals surface area contributed by atoms with Crippen molar-refractivity contribution >= 4 is 17.8 Å². The molecule has 184 valence electrons. The van der Waals surface area contributed by atoms with Gasteiger partial charge in [0, 0.05) is 17.3 Å². The third-order valence-corrected chi connectivity index (χ3v) is 5.96. The highest BCUT2D eigenvalue weighted by Crippen LogP contribution is 2.35. The van der Waals surface area contributed by atoms with Gasteiger partial charge in [-0.15, -0.1) is 0 Å².